The Kier molecular flexibility index (Phi) is 4.88. The highest BCUT2D eigenvalue weighted by Gasteiger charge is 2.22. The predicted molar refractivity (Wildman–Crippen MR) is 88.1 cm³/mol. The molecule has 3 rings (SSSR count). The van der Waals surface area contributed by atoms with E-state index in [2.05, 4.69) is 4.98 Å². The van der Waals surface area contributed by atoms with Crippen LogP contribution in [0.2, 0.25) is 0 Å². The molecule has 122 valence electrons. The van der Waals surface area contributed by atoms with Crippen LogP contribution in [0, 0.1) is 0 Å². The third-order valence-electron chi connectivity index (χ3n) is 3.87. The monoisotopic (exact) mass is 333 g/mol. The van der Waals surface area contributed by atoms with Gasteiger partial charge < -0.3 is 14.5 Å². The molecular formula is C16H19N3O3S. The number of rotatable bonds is 4. The molecule has 1 aromatic heterocycles. The van der Waals surface area contributed by atoms with Crippen molar-refractivity contribution in [1.29, 1.82) is 0 Å². The summed E-state index contributed by atoms with van der Waals surface area (Å²) in [5.74, 6) is 0.0264. The number of nitrogens with zero attached hydrogens (tertiary/aromatic N) is 3. The van der Waals surface area contributed by atoms with E-state index in [-0.39, 0.29) is 18.4 Å². The molecule has 0 saturated carbocycles. The van der Waals surface area contributed by atoms with Gasteiger partial charge in [-0.2, -0.15) is 0 Å². The van der Waals surface area contributed by atoms with Crippen LogP contribution in [0.1, 0.15) is 11.9 Å². The normalized spacial score (nSPS) is 15.2. The Morgan fingerprint density at radius 1 is 1.17 bits per heavy atom. The molecule has 0 aliphatic carbocycles. The van der Waals surface area contributed by atoms with Gasteiger partial charge >= 0.3 is 0 Å². The van der Waals surface area contributed by atoms with Gasteiger partial charge in [0, 0.05) is 33.1 Å². The smallest absolute Gasteiger partial charge is 0.248 e. The SMILES string of the molecule is CC(=O)N1CCN(C(=O)COCc2nc3ccccc3s2)CC1. The van der Waals surface area contributed by atoms with Crippen molar-refractivity contribution in [3.05, 3.63) is 29.3 Å². The largest absolute Gasteiger partial charge is 0.364 e. The number of benzene rings is 1. The summed E-state index contributed by atoms with van der Waals surface area (Å²) >= 11 is 1.58. The number of thiazole rings is 1. The second-order valence-electron chi connectivity index (χ2n) is 5.45. The van der Waals surface area contributed by atoms with E-state index in [9.17, 15) is 9.59 Å². The minimum Gasteiger partial charge on any atom is -0.364 e. The maximum atomic E-state index is 12.1. The Bertz CT molecular complexity index is 674. The predicted octanol–water partition coefficient (Wildman–Crippen LogP) is 1.50. The Hall–Kier alpha value is -1.99. The summed E-state index contributed by atoms with van der Waals surface area (Å²) in [6, 6.07) is 7.93. The van der Waals surface area contributed by atoms with Gasteiger partial charge in [0.05, 0.1) is 16.8 Å². The second kappa shape index (κ2) is 7.06. The fraction of sp³-hybridized carbons (Fsp3) is 0.438. The lowest BCUT2D eigenvalue weighted by atomic mass is 10.3. The minimum absolute atomic E-state index is 0.0330. The summed E-state index contributed by atoms with van der Waals surface area (Å²) in [5.41, 5.74) is 0.961. The number of fused-ring (bicyclic) bond motifs is 1. The molecule has 23 heavy (non-hydrogen) atoms. The number of para-hydroxylation sites is 1. The first kappa shape index (κ1) is 15.9. The second-order valence-corrected chi connectivity index (χ2v) is 6.57. The molecule has 0 unspecified atom stereocenters. The van der Waals surface area contributed by atoms with Gasteiger partial charge in [-0.1, -0.05) is 12.1 Å². The molecule has 0 spiro atoms. The standard InChI is InChI=1S/C16H19N3O3S/c1-12(20)18-6-8-19(9-7-18)16(21)11-22-10-15-17-13-4-2-3-5-14(13)23-15/h2-5H,6-11H2,1H3. The number of aromatic nitrogens is 1. The average Bonchev–Trinajstić information content (AvgIpc) is 2.97. The van der Waals surface area contributed by atoms with Crippen LogP contribution in [-0.2, 0) is 20.9 Å². The molecule has 0 N–H and O–H groups in total. The molecule has 6 nitrogen and oxygen atoms in total. The lowest BCUT2D eigenvalue weighted by Crippen LogP contribution is -2.50. The van der Waals surface area contributed by atoms with Crippen LogP contribution in [0.15, 0.2) is 24.3 Å². The number of hydrogen-bond donors (Lipinski definition) is 0. The average molecular weight is 333 g/mol. The summed E-state index contributed by atoms with van der Waals surface area (Å²) in [6.07, 6.45) is 0. The first-order valence-corrected chi connectivity index (χ1v) is 8.40. The Morgan fingerprint density at radius 3 is 2.57 bits per heavy atom. The Labute approximate surface area is 138 Å². The molecule has 1 aliphatic heterocycles. The lowest BCUT2D eigenvalue weighted by molar-refractivity contribution is -0.142. The van der Waals surface area contributed by atoms with E-state index in [4.69, 9.17) is 4.74 Å². The minimum atomic E-state index is -0.0330. The number of ether oxygens (including phenoxy) is 1. The molecule has 0 bridgehead atoms. The zero-order valence-electron chi connectivity index (χ0n) is 13.0. The van der Waals surface area contributed by atoms with Crippen LogP contribution >= 0.6 is 11.3 Å². The van der Waals surface area contributed by atoms with Gasteiger partial charge in [-0.25, -0.2) is 4.98 Å². The zero-order chi connectivity index (χ0) is 16.2. The van der Waals surface area contributed by atoms with Gasteiger partial charge in [-0.05, 0) is 12.1 Å². The lowest BCUT2D eigenvalue weighted by Gasteiger charge is -2.34. The van der Waals surface area contributed by atoms with Crippen molar-refractivity contribution in [1.82, 2.24) is 14.8 Å². The first-order valence-electron chi connectivity index (χ1n) is 7.59. The maximum Gasteiger partial charge on any atom is 0.248 e. The van der Waals surface area contributed by atoms with E-state index >= 15 is 0 Å². The molecule has 0 radical (unpaired) electrons. The Balaban J connectivity index is 1.45. The van der Waals surface area contributed by atoms with Crippen molar-refractivity contribution >= 4 is 33.4 Å². The van der Waals surface area contributed by atoms with Crippen molar-refractivity contribution in [3.8, 4) is 0 Å². The first-order chi connectivity index (χ1) is 11.1. The number of amides is 2. The van der Waals surface area contributed by atoms with Gasteiger partial charge in [0.15, 0.2) is 0 Å². The summed E-state index contributed by atoms with van der Waals surface area (Å²) in [7, 11) is 0. The van der Waals surface area contributed by atoms with Crippen LogP contribution in [0.25, 0.3) is 10.2 Å². The third-order valence-corrected chi connectivity index (χ3v) is 4.88. The molecule has 1 saturated heterocycles. The maximum absolute atomic E-state index is 12.1. The van der Waals surface area contributed by atoms with Crippen LogP contribution in [0.4, 0.5) is 0 Å². The molecule has 7 heteroatoms. The molecule has 1 aliphatic rings. The molecule has 2 amide bonds. The highest BCUT2D eigenvalue weighted by atomic mass is 32.1. The third kappa shape index (κ3) is 3.86. The van der Waals surface area contributed by atoms with Crippen molar-refractivity contribution in [2.24, 2.45) is 0 Å². The van der Waals surface area contributed by atoms with E-state index in [0.717, 1.165) is 15.2 Å². The van der Waals surface area contributed by atoms with Gasteiger partial charge in [-0.3, -0.25) is 9.59 Å². The zero-order valence-corrected chi connectivity index (χ0v) is 13.8. The molecular weight excluding hydrogens is 314 g/mol. The molecule has 0 atom stereocenters. The van der Waals surface area contributed by atoms with Gasteiger partial charge in [0.25, 0.3) is 0 Å². The quantitative estimate of drug-likeness (QED) is 0.851. The number of carbonyl (C=O) groups excluding carboxylic acids is 2. The summed E-state index contributed by atoms with van der Waals surface area (Å²) in [6.45, 7) is 4.29. The van der Waals surface area contributed by atoms with Crippen LogP contribution in [-0.4, -0.2) is 59.4 Å². The van der Waals surface area contributed by atoms with Crippen molar-refractivity contribution < 1.29 is 14.3 Å². The van der Waals surface area contributed by atoms with Crippen molar-refractivity contribution in [2.75, 3.05) is 32.8 Å². The highest BCUT2D eigenvalue weighted by molar-refractivity contribution is 7.18. The summed E-state index contributed by atoms with van der Waals surface area (Å²) in [4.78, 5) is 31.4. The molecule has 1 fully saturated rings. The van der Waals surface area contributed by atoms with E-state index in [1.165, 1.54) is 0 Å². The molecule has 1 aromatic carbocycles. The number of piperazine rings is 1. The van der Waals surface area contributed by atoms with Crippen molar-refractivity contribution in [2.45, 2.75) is 13.5 Å². The fourth-order valence-electron chi connectivity index (χ4n) is 2.57. The topological polar surface area (TPSA) is 62.7 Å². The fourth-order valence-corrected chi connectivity index (χ4v) is 3.47. The summed E-state index contributed by atoms with van der Waals surface area (Å²) in [5, 5.41) is 0.875. The van der Waals surface area contributed by atoms with E-state index in [1.807, 2.05) is 24.3 Å². The van der Waals surface area contributed by atoms with Crippen molar-refractivity contribution in [3.63, 3.8) is 0 Å². The summed E-state index contributed by atoms with van der Waals surface area (Å²) < 4.78 is 6.64. The molecule has 2 aromatic rings. The van der Waals surface area contributed by atoms with Gasteiger partial charge in [0.2, 0.25) is 11.8 Å². The van der Waals surface area contributed by atoms with E-state index < -0.39 is 0 Å². The van der Waals surface area contributed by atoms with E-state index in [1.54, 1.807) is 28.1 Å². The highest BCUT2D eigenvalue weighted by Crippen LogP contribution is 2.21. The number of carbonyl (C=O) groups is 2. The Morgan fingerprint density at radius 2 is 1.87 bits per heavy atom. The van der Waals surface area contributed by atoms with Crippen LogP contribution in [0.3, 0.4) is 0 Å². The number of hydrogen-bond acceptors (Lipinski definition) is 5. The van der Waals surface area contributed by atoms with Crippen LogP contribution in [0.5, 0.6) is 0 Å². The van der Waals surface area contributed by atoms with Gasteiger partial charge in [0.1, 0.15) is 11.6 Å². The van der Waals surface area contributed by atoms with E-state index in [0.29, 0.717) is 32.8 Å². The van der Waals surface area contributed by atoms with Crippen LogP contribution < -0.4 is 0 Å². The van der Waals surface area contributed by atoms with Gasteiger partial charge in [-0.15, -0.1) is 11.3 Å². The molecule has 2 heterocycles.